The van der Waals surface area contributed by atoms with Gasteiger partial charge < -0.3 is 28.6 Å². The van der Waals surface area contributed by atoms with Crippen molar-refractivity contribution in [1.82, 2.24) is 0 Å². The molecule has 4 aliphatic rings. The quantitative estimate of drug-likeness (QED) is 0.109. The van der Waals surface area contributed by atoms with Crippen LogP contribution in [0, 0.1) is 0 Å². The third-order valence-electron chi connectivity index (χ3n) is 11.6. The standard InChI is InChI=1S/C48H45N5O8/c1-51(15-9-14-46(54)59-4)33-17-29(27-60-44-23-38-36(21-42(44)57-2)47(55)52-34(25-49-38)19-31-10-5-7-12-40(31)52)16-30(18-33)28-61-45-24-39-37(22-43(45)58-3)48(56)53-35(26-50-39)20-32-11-6-8-13-41(32)53/h5-8,10-13,16-18,21-26,34-35H,9,14-15,19-20,27-28H2,1-4H3. The predicted molar refractivity (Wildman–Crippen MR) is 233 cm³/mol. The van der Waals surface area contributed by atoms with Crippen LogP contribution < -0.4 is 33.6 Å². The summed E-state index contributed by atoms with van der Waals surface area (Å²) in [5.41, 5.74) is 8.45. The number of carbonyl (C=O) groups is 3. The maximum Gasteiger partial charge on any atom is 0.305 e. The number of methoxy groups -OCH3 is 3. The molecule has 0 aliphatic carbocycles. The van der Waals surface area contributed by atoms with Gasteiger partial charge in [0.05, 0.1) is 55.9 Å². The van der Waals surface area contributed by atoms with Crippen molar-refractivity contribution >= 4 is 58.6 Å². The van der Waals surface area contributed by atoms with E-state index < -0.39 is 0 Å². The number of benzene rings is 5. The van der Waals surface area contributed by atoms with Crippen LogP contribution in [-0.2, 0) is 35.6 Å². The summed E-state index contributed by atoms with van der Waals surface area (Å²) < 4.78 is 29.3. The Morgan fingerprint density at radius 2 is 1.16 bits per heavy atom. The molecule has 4 heterocycles. The number of fused-ring (bicyclic) bond motifs is 8. The zero-order valence-corrected chi connectivity index (χ0v) is 34.4. The van der Waals surface area contributed by atoms with Crippen LogP contribution in [-0.4, -0.2) is 77.2 Å². The number of amides is 2. The van der Waals surface area contributed by atoms with Crippen LogP contribution in [0.25, 0.3) is 0 Å². The Balaban J connectivity index is 0.973. The second-order valence-corrected chi connectivity index (χ2v) is 15.4. The summed E-state index contributed by atoms with van der Waals surface area (Å²) in [6.45, 7) is 0.914. The molecule has 0 saturated heterocycles. The van der Waals surface area contributed by atoms with Crippen LogP contribution in [0.1, 0.15) is 55.8 Å². The zero-order valence-electron chi connectivity index (χ0n) is 34.4. The fourth-order valence-electron chi connectivity index (χ4n) is 8.52. The molecule has 61 heavy (non-hydrogen) atoms. The van der Waals surface area contributed by atoms with Crippen molar-refractivity contribution in [3.05, 3.63) is 124 Å². The highest BCUT2D eigenvalue weighted by molar-refractivity contribution is 6.15. The van der Waals surface area contributed by atoms with E-state index in [1.54, 1.807) is 48.3 Å². The Morgan fingerprint density at radius 3 is 1.64 bits per heavy atom. The summed E-state index contributed by atoms with van der Waals surface area (Å²) in [5.74, 6) is 1.16. The van der Waals surface area contributed by atoms with Gasteiger partial charge in [0.25, 0.3) is 11.8 Å². The molecule has 0 aromatic heterocycles. The SMILES string of the molecule is COC(=O)CCCN(C)c1cc(COc2cc3c(cc2OC)C(=O)N2c4ccccc4CC2C=N3)cc(COc2cc3c(cc2OC)C(=O)N2c4ccccc4CC2C=N3)c1. The number of hydrogen-bond donors (Lipinski definition) is 0. The highest BCUT2D eigenvalue weighted by Gasteiger charge is 2.38. The smallest absolute Gasteiger partial charge is 0.305 e. The van der Waals surface area contributed by atoms with Crippen molar-refractivity contribution in [2.75, 3.05) is 49.6 Å². The molecule has 0 fully saturated rings. The van der Waals surface area contributed by atoms with Gasteiger partial charge in [0.2, 0.25) is 0 Å². The topological polar surface area (TPSA) is 132 Å². The van der Waals surface area contributed by atoms with Crippen molar-refractivity contribution < 1.29 is 38.1 Å². The van der Waals surface area contributed by atoms with Crippen LogP contribution in [0.2, 0.25) is 0 Å². The number of aliphatic imine (C=N–C) groups is 2. The number of ether oxygens (including phenoxy) is 5. The van der Waals surface area contributed by atoms with E-state index in [9.17, 15) is 14.4 Å². The lowest BCUT2D eigenvalue weighted by atomic mass is 10.1. The third-order valence-corrected chi connectivity index (χ3v) is 11.6. The average Bonchev–Trinajstić information content (AvgIpc) is 3.78. The van der Waals surface area contributed by atoms with E-state index in [1.165, 1.54) is 7.11 Å². The van der Waals surface area contributed by atoms with E-state index in [0.29, 0.717) is 77.7 Å². The summed E-state index contributed by atoms with van der Waals surface area (Å²) in [7, 11) is 6.45. The molecule has 0 N–H and O–H groups in total. The molecular formula is C48H45N5O8. The summed E-state index contributed by atoms with van der Waals surface area (Å²) in [6.07, 6.45) is 5.94. The number of para-hydroxylation sites is 2. The first-order valence-electron chi connectivity index (χ1n) is 20.2. The van der Waals surface area contributed by atoms with Gasteiger partial charge in [0.1, 0.15) is 13.2 Å². The Bertz CT molecular complexity index is 2460. The van der Waals surface area contributed by atoms with Crippen molar-refractivity contribution in [2.45, 2.75) is 51.0 Å². The average molecular weight is 820 g/mol. The molecular weight excluding hydrogens is 775 g/mol. The molecule has 0 bridgehead atoms. The summed E-state index contributed by atoms with van der Waals surface area (Å²) in [6, 6.07) is 28.5. The van der Waals surface area contributed by atoms with Crippen molar-refractivity contribution in [3.63, 3.8) is 0 Å². The maximum atomic E-state index is 14.0. The molecule has 5 aromatic carbocycles. The van der Waals surface area contributed by atoms with Crippen molar-refractivity contribution in [1.29, 1.82) is 0 Å². The van der Waals surface area contributed by atoms with Crippen molar-refractivity contribution in [2.24, 2.45) is 9.98 Å². The Morgan fingerprint density at radius 1 is 0.672 bits per heavy atom. The number of rotatable bonds is 13. The van der Waals surface area contributed by atoms with Crippen molar-refractivity contribution in [3.8, 4) is 23.0 Å². The van der Waals surface area contributed by atoms with E-state index in [0.717, 1.165) is 39.3 Å². The highest BCUT2D eigenvalue weighted by Crippen LogP contribution is 2.43. The van der Waals surface area contributed by atoms with Gasteiger partial charge in [-0.2, -0.15) is 0 Å². The van der Waals surface area contributed by atoms with Crippen LogP contribution in [0.3, 0.4) is 0 Å². The number of carbonyl (C=O) groups excluding carboxylic acids is 3. The minimum Gasteiger partial charge on any atom is -0.493 e. The third kappa shape index (κ3) is 7.51. The summed E-state index contributed by atoms with van der Waals surface area (Å²) in [4.78, 5) is 55.0. The maximum absolute atomic E-state index is 14.0. The van der Waals surface area contributed by atoms with E-state index in [-0.39, 0.29) is 43.1 Å². The van der Waals surface area contributed by atoms with Crippen LogP contribution in [0.5, 0.6) is 23.0 Å². The van der Waals surface area contributed by atoms with Gasteiger partial charge in [-0.1, -0.05) is 36.4 Å². The Hall–Kier alpha value is -7.15. The van der Waals surface area contributed by atoms with Gasteiger partial charge in [0.15, 0.2) is 23.0 Å². The lowest BCUT2D eigenvalue weighted by Gasteiger charge is -2.23. The lowest BCUT2D eigenvalue weighted by molar-refractivity contribution is -0.140. The first-order valence-corrected chi connectivity index (χ1v) is 20.2. The highest BCUT2D eigenvalue weighted by atomic mass is 16.5. The van der Waals surface area contributed by atoms with Gasteiger partial charge in [-0.05, 0) is 71.1 Å². The molecule has 13 heteroatoms. The van der Waals surface area contributed by atoms with Crippen LogP contribution in [0.15, 0.2) is 101 Å². The lowest BCUT2D eigenvalue weighted by Crippen LogP contribution is -2.37. The number of hydrogen-bond acceptors (Lipinski definition) is 11. The first-order chi connectivity index (χ1) is 29.7. The second kappa shape index (κ2) is 16.5. The molecule has 2 atom stereocenters. The monoisotopic (exact) mass is 819 g/mol. The second-order valence-electron chi connectivity index (χ2n) is 15.4. The molecule has 4 aliphatic heterocycles. The molecule has 2 unspecified atom stereocenters. The van der Waals surface area contributed by atoms with Crippen LogP contribution in [0.4, 0.5) is 28.4 Å². The predicted octanol–water partition coefficient (Wildman–Crippen LogP) is 7.83. The number of esters is 1. The van der Waals surface area contributed by atoms with Gasteiger partial charge in [-0.15, -0.1) is 0 Å². The molecule has 0 spiro atoms. The molecule has 310 valence electrons. The molecule has 13 nitrogen and oxygen atoms in total. The van der Waals surface area contributed by atoms with E-state index in [2.05, 4.69) is 4.90 Å². The van der Waals surface area contributed by atoms with Gasteiger partial charge in [0, 0.05) is 74.5 Å². The summed E-state index contributed by atoms with van der Waals surface area (Å²) >= 11 is 0. The fourth-order valence-corrected chi connectivity index (χ4v) is 8.52. The van der Waals surface area contributed by atoms with Gasteiger partial charge in [-0.3, -0.25) is 34.2 Å². The Kier molecular flexibility index (Phi) is 10.6. The summed E-state index contributed by atoms with van der Waals surface area (Å²) in [5, 5.41) is 0. The van der Waals surface area contributed by atoms with Gasteiger partial charge >= 0.3 is 5.97 Å². The van der Waals surface area contributed by atoms with Crippen LogP contribution >= 0.6 is 0 Å². The normalized spacial score (nSPS) is 16.7. The minimum absolute atomic E-state index is 0.143. The molecule has 2 amide bonds. The number of anilines is 3. The number of nitrogens with zero attached hydrogens (tertiary/aromatic N) is 5. The fraction of sp³-hybridized carbons (Fsp3) is 0.271. The first kappa shape index (κ1) is 39.3. The molecule has 0 radical (unpaired) electrons. The van der Waals surface area contributed by atoms with E-state index in [1.807, 2.05) is 86.2 Å². The zero-order chi connectivity index (χ0) is 42.2. The van der Waals surface area contributed by atoms with Gasteiger partial charge in [-0.25, -0.2) is 0 Å². The molecule has 0 saturated carbocycles. The van der Waals surface area contributed by atoms with E-state index >= 15 is 0 Å². The van der Waals surface area contributed by atoms with E-state index in [4.69, 9.17) is 33.7 Å². The molecule has 9 rings (SSSR count). The Labute approximate surface area is 353 Å². The largest absolute Gasteiger partial charge is 0.493 e. The minimum atomic E-state index is -0.262. The molecule has 5 aromatic rings.